The number of benzene rings is 1. The number of carbonyl (C=O) groups is 1. The van der Waals surface area contributed by atoms with E-state index in [9.17, 15) is 9.90 Å². The van der Waals surface area contributed by atoms with Crippen molar-refractivity contribution in [3.8, 4) is 0 Å². The number of nitrogen functional groups attached to an aromatic ring is 1. The molecule has 5 nitrogen and oxygen atoms in total. The molecular formula is C14H17N3O2S. The molecule has 20 heavy (non-hydrogen) atoms. The number of fused-ring (bicyclic) bond motifs is 1. The molecule has 2 atom stereocenters. The van der Waals surface area contributed by atoms with Gasteiger partial charge in [0.25, 0.3) is 5.91 Å². The molecule has 1 aliphatic heterocycles. The van der Waals surface area contributed by atoms with Gasteiger partial charge in [0.15, 0.2) is 5.13 Å². The van der Waals surface area contributed by atoms with E-state index in [2.05, 4.69) is 4.98 Å². The fourth-order valence-electron chi connectivity index (χ4n) is 2.58. The Hall–Kier alpha value is -1.66. The van der Waals surface area contributed by atoms with Gasteiger partial charge in [-0.05, 0) is 30.5 Å². The number of hydrogen-bond donors (Lipinski definition) is 2. The zero-order chi connectivity index (χ0) is 14.3. The molecule has 1 aromatic carbocycles. The maximum atomic E-state index is 12.5. The van der Waals surface area contributed by atoms with Crippen molar-refractivity contribution in [1.82, 2.24) is 9.88 Å². The van der Waals surface area contributed by atoms with Gasteiger partial charge in [-0.3, -0.25) is 4.79 Å². The van der Waals surface area contributed by atoms with Gasteiger partial charge in [0, 0.05) is 18.7 Å². The highest BCUT2D eigenvalue weighted by Gasteiger charge is 2.27. The van der Waals surface area contributed by atoms with Crippen molar-refractivity contribution < 1.29 is 9.90 Å². The molecule has 1 aliphatic rings. The first-order valence-corrected chi connectivity index (χ1v) is 7.49. The molecule has 1 saturated heterocycles. The standard InChI is InChI=1S/C14H17N3O2S/c1-8-7-17(5-4-11(8)18)13(19)9-2-3-10-12(6-9)20-14(15)16-10/h2-3,6,8,11,18H,4-5,7H2,1H3,(H2,15,16). The molecule has 2 heterocycles. The number of anilines is 1. The summed E-state index contributed by atoms with van der Waals surface area (Å²) < 4.78 is 0.929. The Labute approximate surface area is 121 Å². The third-order valence-electron chi connectivity index (χ3n) is 3.80. The van der Waals surface area contributed by atoms with Crippen LogP contribution in [-0.2, 0) is 0 Å². The van der Waals surface area contributed by atoms with Gasteiger partial charge in [-0.2, -0.15) is 0 Å². The number of amides is 1. The molecule has 2 unspecified atom stereocenters. The number of hydrogen-bond acceptors (Lipinski definition) is 5. The van der Waals surface area contributed by atoms with Crippen LogP contribution in [0.25, 0.3) is 10.2 Å². The second-order valence-electron chi connectivity index (χ2n) is 5.32. The molecule has 2 aromatic rings. The Morgan fingerprint density at radius 1 is 1.55 bits per heavy atom. The number of carbonyl (C=O) groups excluding carboxylic acids is 1. The molecule has 3 N–H and O–H groups in total. The Balaban J connectivity index is 1.84. The van der Waals surface area contributed by atoms with Crippen LogP contribution in [0.2, 0.25) is 0 Å². The molecule has 0 spiro atoms. The summed E-state index contributed by atoms with van der Waals surface area (Å²) >= 11 is 1.39. The largest absolute Gasteiger partial charge is 0.393 e. The van der Waals surface area contributed by atoms with E-state index in [0.717, 1.165) is 10.2 Å². The number of piperidine rings is 1. The summed E-state index contributed by atoms with van der Waals surface area (Å²) in [6.07, 6.45) is 0.339. The van der Waals surface area contributed by atoms with Crippen LogP contribution in [0.5, 0.6) is 0 Å². The zero-order valence-electron chi connectivity index (χ0n) is 11.2. The molecule has 106 valence electrons. The average Bonchev–Trinajstić information content (AvgIpc) is 2.80. The zero-order valence-corrected chi connectivity index (χ0v) is 12.1. The molecule has 0 radical (unpaired) electrons. The van der Waals surface area contributed by atoms with Crippen LogP contribution in [0, 0.1) is 5.92 Å². The smallest absolute Gasteiger partial charge is 0.253 e. The van der Waals surface area contributed by atoms with Crippen LogP contribution in [0.15, 0.2) is 18.2 Å². The fourth-order valence-corrected chi connectivity index (χ4v) is 3.35. The summed E-state index contributed by atoms with van der Waals surface area (Å²) in [5.74, 6) is 0.133. The first kappa shape index (κ1) is 13.3. The van der Waals surface area contributed by atoms with E-state index >= 15 is 0 Å². The quantitative estimate of drug-likeness (QED) is 0.838. The Morgan fingerprint density at radius 3 is 3.10 bits per heavy atom. The van der Waals surface area contributed by atoms with Gasteiger partial charge in [0.2, 0.25) is 0 Å². The molecular weight excluding hydrogens is 274 g/mol. The Morgan fingerprint density at radius 2 is 2.35 bits per heavy atom. The van der Waals surface area contributed by atoms with Gasteiger partial charge in [-0.25, -0.2) is 4.98 Å². The maximum absolute atomic E-state index is 12.5. The summed E-state index contributed by atoms with van der Waals surface area (Å²) in [5.41, 5.74) is 7.16. The molecule has 6 heteroatoms. The van der Waals surface area contributed by atoms with Gasteiger partial charge in [-0.1, -0.05) is 18.3 Å². The van der Waals surface area contributed by atoms with Crippen LogP contribution < -0.4 is 5.73 Å². The lowest BCUT2D eigenvalue weighted by Crippen LogP contribution is -2.44. The van der Waals surface area contributed by atoms with Crippen molar-refractivity contribution in [3.63, 3.8) is 0 Å². The number of nitrogens with two attached hydrogens (primary N) is 1. The molecule has 0 aliphatic carbocycles. The van der Waals surface area contributed by atoms with Crippen LogP contribution in [0.3, 0.4) is 0 Å². The molecule has 0 saturated carbocycles. The van der Waals surface area contributed by atoms with Gasteiger partial charge in [-0.15, -0.1) is 0 Å². The third kappa shape index (κ3) is 2.36. The summed E-state index contributed by atoms with van der Waals surface area (Å²) in [5, 5.41) is 10.2. The average molecular weight is 291 g/mol. The van der Waals surface area contributed by atoms with Crippen LogP contribution >= 0.6 is 11.3 Å². The van der Waals surface area contributed by atoms with Crippen molar-refractivity contribution in [2.75, 3.05) is 18.8 Å². The Bertz CT molecular complexity index is 655. The van der Waals surface area contributed by atoms with Crippen LogP contribution in [0.1, 0.15) is 23.7 Å². The number of likely N-dealkylation sites (tertiary alicyclic amines) is 1. The van der Waals surface area contributed by atoms with Crippen molar-refractivity contribution in [3.05, 3.63) is 23.8 Å². The van der Waals surface area contributed by atoms with Crippen molar-refractivity contribution >= 4 is 32.6 Å². The monoisotopic (exact) mass is 291 g/mol. The minimum Gasteiger partial charge on any atom is -0.393 e. The highest BCUT2D eigenvalue weighted by molar-refractivity contribution is 7.22. The summed E-state index contributed by atoms with van der Waals surface area (Å²) in [4.78, 5) is 18.5. The topological polar surface area (TPSA) is 79.5 Å². The normalized spacial score (nSPS) is 23.2. The van der Waals surface area contributed by atoms with Crippen molar-refractivity contribution in [2.45, 2.75) is 19.4 Å². The predicted molar refractivity (Wildman–Crippen MR) is 79.7 cm³/mol. The molecule has 1 fully saturated rings. The van der Waals surface area contributed by atoms with E-state index in [1.807, 2.05) is 24.0 Å². The maximum Gasteiger partial charge on any atom is 0.253 e. The minimum absolute atomic E-state index is 0.0117. The highest BCUT2D eigenvalue weighted by atomic mass is 32.1. The number of nitrogens with zero attached hydrogens (tertiary/aromatic N) is 2. The van der Waals surface area contributed by atoms with Crippen LogP contribution in [0.4, 0.5) is 5.13 Å². The van der Waals surface area contributed by atoms with E-state index in [-0.39, 0.29) is 17.9 Å². The first-order chi connectivity index (χ1) is 9.54. The lowest BCUT2D eigenvalue weighted by Gasteiger charge is -2.34. The summed E-state index contributed by atoms with van der Waals surface area (Å²) in [7, 11) is 0. The van der Waals surface area contributed by atoms with E-state index < -0.39 is 0 Å². The molecule has 1 aromatic heterocycles. The van der Waals surface area contributed by atoms with E-state index in [1.54, 1.807) is 6.07 Å². The molecule has 1 amide bonds. The van der Waals surface area contributed by atoms with E-state index in [0.29, 0.717) is 30.2 Å². The van der Waals surface area contributed by atoms with Crippen molar-refractivity contribution in [1.29, 1.82) is 0 Å². The minimum atomic E-state index is -0.303. The van der Waals surface area contributed by atoms with Gasteiger partial charge in [0.1, 0.15) is 0 Å². The predicted octanol–water partition coefficient (Wildman–Crippen LogP) is 1.72. The number of aromatic nitrogens is 1. The summed E-state index contributed by atoms with van der Waals surface area (Å²) in [6.45, 7) is 3.17. The SMILES string of the molecule is CC1CN(C(=O)c2ccc3nc(N)sc3c2)CCC1O. The van der Waals surface area contributed by atoms with E-state index in [1.165, 1.54) is 11.3 Å². The van der Waals surface area contributed by atoms with Crippen molar-refractivity contribution in [2.24, 2.45) is 5.92 Å². The molecule has 0 bridgehead atoms. The number of aliphatic hydroxyl groups is 1. The van der Waals surface area contributed by atoms with Crippen LogP contribution in [-0.4, -0.2) is 40.1 Å². The second-order valence-corrected chi connectivity index (χ2v) is 6.38. The third-order valence-corrected chi connectivity index (χ3v) is 4.65. The van der Waals surface area contributed by atoms with Gasteiger partial charge < -0.3 is 15.7 Å². The number of thiazole rings is 1. The lowest BCUT2D eigenvalue weighted by molar-refractivity contribution is 0.0298. The number of aliphatic hydroxyl groups excluding tert-OH is 1. The van der Waals surface area contributed by atoms with Gasteiger partial charge in [0.05, 0.1) is 16.3 Å². The highest BCUT2D eigenvalue weighted by Crippen LogP contribution is 2.26. The second kappa shape index (κ2) is 5.03. The lowest BCUT2D eigenvalue weighted by atomic mass is 9.96. The van der Waals surface area contributed by atoms with E-state index in [4.69, 9.17) is 5.73 Å². The summed E-state index contributed by atoms with van der Waals surface area (Å²) in [6, 6.07) is 5.47. The number of rotatable bonds is 1. The fraction of sp³-hybridized carbons (Fsp3) is 0.429. The Kier molecular flexibility index (Phi) is 3.35. The first-order valence-electron chi connectivity index (χ1n) is 6.68. The molecule has 3 rings (SSSR count). The van der Waals surface area contributed by atoms with Gasteiger partial charge >= 0.3 is 0 Å².